The van der Waals surface area contributed by atoms with E-state index in [9.17, 15) is 74.0 Å². The highest BCUT2D eigenvalue weighted by Crippen LogP contribution is 2.64. The van der Waals surface area contributed by atoms with E-state index in [2.05, 4.69) is 9.44 Å². The second kappa shape index (κ2) is 30.8. The summed E-state index contributed by atoms with van der Waals surface area (Å²) in [7, 11) is -23.3. The smallest absolute Gasteiger partial charge is 0.304 e. The molecule has 6 heterocycles. The Morgan fingerprint density at radius 3 is 1.33 bits per heavy atom. The van der Waals surface area contributed by atoms with Gasteiger partial charge in [0.15, 0.2) is 64.2 Å². The van der Waals surface area contributed by atoms with Gasteiger partial charge < -0.3 is 24.1 Å². The Morgan fingerprint density at radius 1 is 0.539 bits per heavy atom. The molecule has 0 aromatic heterocycles. The number of carboxylic acids is 1. The number of halogens is 8. The van der Waals surface area contributed by atoms with Gasteiger partial charge in [-0.2, -0.15) is 9.57 Å². The number of nitriles is 1. The van der Waals surface area contributed by atoms with Crippen LogP contribution in [0, 0.1) is 81.7 Å². The predicted molar refractivity (Wildman–Crippen MR) is 406 cm³/mol. The van der Waals surface area contributed by atoms with Crippen molar-refractivity contribution in [2.24, 2.45) is 35.5 Å². The summed E-state index contributed by atoms with van der Waals surface area (Å²) >= 11 is 12.0. The fraction of sp³-hybridized carbons (Fsp3) is 0.423. The number of carboxylic acid groups (broad SMARTS) is 1. The Balaban J connectivity index is 0.000000144. The van der Waals surface area contributed by atoms with E-state index in [1.54, 1.807) is 31.2 Å². The molecule has 3 N–H and O–H groups in total. The van der Waals surface area contributed by atoms with Gasteiger partial charge in [0.05, 0.1) is 92.1 Å². The van der Waals surface area contributed by atoms with E-state index in [-0.39, 0.29) is 133 Å². The first-order valence-corrected chi connectivity index (χ1v) is 46.5. The molecule has 37 heteroatoms. The van der Waals surface area contributed by atoms with Crippen LogP contribution in [0.3, 0.4) is 0 Å². The molecule has 7 aromatic rings. The van der Waals surface area contributed by atoms with Crippen molar-refractivity contribution in [1.29, 1.82) is 5.26 Å². The number of ether oxygens (including phenoxy) is 4. The van der Waals surface area contributed by atoms with Gasteiger partial charge in [-0.25, -0.2) is 86.3 Å². The number of sulfonamides is 3. The number of Topliss-reactive ketones (excluding diaryl/α,β-unsaturated/α-hetero) is 1. The second-order valence-corrected chi connectivity index (χ2v) is 44.4. The summed E-state index contributed by atoms with van der Waals surface area (Å²) < 4.78 is 280. The summed E-state index contributed by atoms with van der Waals surface area (Å²) in [5.74, 6) is -12.5. The third-order valence-corrected chi connectivity index (χ3v) is 39.0. The Hall–Kier alpha value is -7.89. The molecule has 3 saturated heterocycles. The molecule has 3 aliphatic carbocycles. The van der Waals surface area contributed by atoms with Gasteiger partial charge in [-0.1, -0.05) is 35.3 Å². The fourth-order valence-corrected chi connectivity index (χ4v) is 32.5. The molecule has 6 fully saturated rings. The van der Waals surface area contributed by atoms with E-state index in [0.29, 0.717) is 16.3 Å². The molecule has 0 radical (unpaired) electrons. The van der Waals surface area contributed by atoms with Crippen molar-refractivity contribution >= 4 is 94.5 Å². The fourth-order valence-electron chi connectivity index (χ4n) is 19.6. The van der Waals surface area contributed by atoms with Crippen LogP contribution in [0.25, 0.3) is 0 Å². The first-order valence-electron chi connectivity index (χ1n) is 36.7. The Labute approximate surface area is 670 Å². The highest BCUT2D eigenvalue weighted by molar-refractivity contribution is 7.93. The van der Waals surface area contributed by atoms with E-state index in [0.717, 1.165) is 36.4 Å². The van der Waals surface area contributed by atoms with Crippen molar-refractivity contribution in [1.82, 2.24) is 13.7 Å². The van der Waals surface area contributed by atoms with E-state index < -0.39 is 213 Å². The Bertz CT molecular complexity index is 5850. The van der Waals surface area contributed by atoms with Crippen LogP contribution in [0.4, 0.5) is 26.3 Å². The number of benzene rings is 7. The summed E-state index contributed by atoms with van der Waals surface area (Å²) in [6.45, 7) is 1.93. The maximum Gasteiger partial charge on any atom is 0.304 e. The van der Waals surface area contributed by atoms with Gasteiger partial charge in [0.25, 0.3) is 0 Å². The van der Waals surface area contributed by atoms with Gasteiger partial charge in [0.1, 0.15) is 43.2 Å². The molecule has 9 aliphatic rings. The summed E-state index contributed by atoms with van der Waals surface area (Å²) in [4.78, 5) is 23.3. The van der Waals surface area contributed by atoms with Gasteiger partial charge in [-0.15, -0.1) is 0 Å². The lowest BCUT2D eigenvalue weighted by Crippen LogP contribution is -2.64. The van der Waals surface area contributed by atoms with Crippen molar-refractivity contribution < 1.29 is 110 Å². The number of carbonyl (C=O) groups excluding carboxylic acids is 1. The van der Waals surface area contributed by atoms with Crippen molar-refractivity contribution in [2.45, 2.75) is 154 Å². The molecular weight excluding hydrogens is 1670 g/mol. The number of rotatable bonds is 13. The lowest BCUT2D eigenvalue weighted by Gasteiger charge is -2.57. The minimum atomic E-state index is -4.50. The number of sulfone groups is 3. The van der Waals surface area contributed by atoms with E-state index in [4.69, 9.17) is 47.4 Å². The number of ketones is 1. The van der Waals surface area contributed by atoms with E-state index in [1.807, 2.05) is 6.07 Å². The molecule has 15 atom stereocenters. The number of nitrogens with one attached hydrogen (secondary N) is 2. The molecule has 16 rings (SSSR count). The number of fused-ring (bicyclic) bond motifs is 15. The van der Waals surface area contributed by atoms with Crippen LogP contribution in [0.1, 0.15) is 112 Å². The molecule has 6 aliphatic heterocycles. The van der Waals surface area contributed by atoms with Crippen molar-refractivity contribution in [3.8, 4) is 29.1 Å². The number of methoxy groups -OCH3 is 1. The quantitative estimate of drug-likeness (QED) is 0.0903. The first-order chi connectivity index (χ1) is 54.2. The average molecular weight is 1750 g/mol. The van der Waals surface area contributed by atoms with E-state index >= 15 is 17.6 Å². The van der Waals surface area contributed by atoms with Crippen LogP contribution >= 0.6 is 23.2 Å². The molecule has 115 heavy (non-hydrogen) atoms. The van der Waals surface area contributed by atoms with Gasteiger partial charge >= 0.3 is 5.97 Å². The summed E-state index contributed by atoms with van der Waals surface area (Å²) in [6, 6.07) is 28.2. The molecular formula is C78H76Cl2F6N4O19S6. The van der Waals surface area contributed by atoms with Crippen LogP contribution in [0.5, 0.6) is 23.0 Å². The molecule has 0 spiro atoms. The first kappa shape index (κ1) is 83.6. The van der Waals surface area contributed by atoms with Crippen LogP contribution in [-0.2, 0) is 90.0 Å². The molecule has 23 nitrogen and oxygen atoms in total. The van der Waals surface area contributed by atoms with Gasteiger partial charge in [0.2, 0.25) is 30.1 Å². The Kier molecular flexibility index (Phi) is 22.4. The van der Waals surface area contributed by atoms with Crippen LogP contribution in [-0.4, -0.2) is 132 Å². The average Bonchev–Trinajstić information content (AvgIpc) is 0.697. The normalized spacial score (nSPS) is 29.8. The third-order valence-electron chi connectivity index (χ3n) is 24.8. The highest BCUT2D eigenvalue weighted by atomic mass is 35.5. The van der Waals surface area contributed by atoms with Crippen molar-refractivity contribution in [3.05, 3.63) is 206 Å². The minimum absolute atomic E-state index is 0.00222. The number of aliphatic carboxylic acids is 1. The van der Waals surface area contributed by atoms with Crippen LogP contribution in [0.15, 0.2) is 148 Å². The topological polar surface area (TPSA) is 347 Å². The third kappa shape index (κ3) is 14.0. The van der Waals surface area contributed by atoms with Gasteiger partial charge in [0, 0.05) is 58.9 Å². The molecule has 7 aromatic carbocycles. The zero-order valence-electron chi connectivity index (χ0n) is 61.4. The monoisotopic (exact) mass is 1750 g/mol. The summed E-state index contributed by atoms with van der Waals surface area (Å²) in [6.07, 6.45) is -1.28. The zero-order valence-corrected chi connectivity index (χ0v) is 67.8. The second-order valence-electron chi connectivity index (χ2n) is 30.6. The van der Waals surface area contributed by atoms with Crippen LogP contribution in [0.2, 0.25) is 10.0 Å². The minimum Gasteiger partial charge on any atom is -0.497 e. The standard InChI is InChI=1S/C31H30ClF2NO8S2.C24H24ClF2NO6S2.C23H22F2N2O5S2/c1-42-20-6-2-18(3-7-20)16-35-27-12-13-31(44(38,39)21-8-4-19(32)5-9-21)24(17-43-30-26(34)11-10-25(33)29(30)31)23(27)14-22(15-28(36)37)45(35,40)41;1-13(29)10-16-11-17-18-12-34-23-20(27)7-6-19(26)22(23)24(18,9-8-21(17)28-36(16,32)33)35(30,31)15-4-2-14(25)3-5-15;1-13-10-16-17-12-32-22-19(25)7-6-18(24)21(22)23(17,9-8-20(16)27-34(13,30)31)33(28,29)15-4-2-14(11-26)3-5-15/h2-11,22-24,27H,12-17H2,1H3,(H,36,37);2-7,16-18,21,28H,8-12H2,1H3;2-7,13,16-17,20,27H,8-10,12H2,1H3/t22-,23-,24-,27+,31-;16-,17+,18+,21-,24+;13-,16+,17+,20-,23+/m011/s1. The highest BCUT2D eigenvalue weighted by Gasteiger charge is 2.69. The lowest BCUT2D eigenvalue weighted by atomic mass is 9.64. The molecule has 0 unspecified atom stereocenters. The van der Waals surface area contributed by atoms with Crippen molar-refractivity contribution in [2.75, 3.05) is 26.9 Å². The predicted octanol–water partition coefficient (Wildman–Crippen LogP) is 11.9. The Morgan fingerprint density at radius 2 is 0.922 bits per heavy atom. The van der Waals surface area contributed by atoms with Crippen LogP contribution < -0.4 is 28.4 Å². The zero-order chi connectivity index (χ0) is 82.8. The lowest BCUT2D eigenvalue weighted by molar-refractivity contribution is -0.137. The van der Waals surface area contributed by atoms with Gasteiger partial charge in [-0.3, -0.25) is 9.59 Å². The number of carbonyl (C=O) groups is 2. The number of hydrogen-bond acceptors (Lipinski definition) is 19. The molecule has 0 amide bonds. The summed E-state index contributed by atoms with van der Waals surface area (Å²) in [5.41, 5.74) is -0.275. The van der Waals surface area contributed by atoms with Gasteiger partial charge in [-0.05, 0) is 216 Å². The molecule has 3 saturated carbocycles. The largest absolute Gasteiger partial charge is 0.497 e. The maximum atomic E-state index is 15.9. The number of hydrogen-bond donors (Lipinski definition) is 3. The number of nitrogens with zero attached hydrogens (tertiary/aromatic N) is 2. The molecule has 0 bridgehead atoms. The maximum absolute atomic E-state index is 15.9. The van der Waals surface area contributed by atoms with Crippen molar-refractivity contribution in [3.63, 3.8) is 0 Å². The summed E-state index contributed by atoms with van der Waals surface area (Å²) in [5, 5.41) is 16.1. The SMILES string of the molecule is CC(=O)C[C@@H]1C[C@@H]2[C@@H](CC[C@@]3(S(=O)(=O)c4ccc(Cl)cc4)c4c(F)ccc(F)c4OC[C@@H]23)NS1(=O)=O.COc1ccc(CN2[C@@H]3CC[C@@]4(S(=O)(=O)c5ccc(Cl)cc5)c5c(F)ccc(F)c5OC[C@H]4[C@@H]3C[C@@H](CC(=O)O)S2(=O)=O)cc1.C[C@@H]1C[C@@H]2[C@@H](CC[C@@]3(S(=O)(=O)c4ccc(C#N)cc4)c4c(F)ccc(F)c4OC[C@@H]23)NS1(=O)=O. The molecule has 614 valence electrons. The van der Waals surface area contributed by atoms with E-state index in [1.165, 1.54) is 91.1 Å².